The minimum atomic E-state index is -0.108. The van der Waals surface area contributed by atoms with Crippen molar-refractivity contribution in [2.24, 2.45) is 30.7 Å². The Hall–Kier alpha value is -2.24. The van der Waals surface area contributed by atoms with Gasteiger partial charge in [0.05, 0.1) is 6.54 Å². The van der Waals surface area contributed by atoms with Crippen molar-refractivity contribution in [1.82, 2.24) is 19.7 Å². The highest BCUT2D eigenvalue weighted by Crippen LogP contribution is 2.55. The summed E-state index contributed by atoms with van der Waals surface area (Å²) in [5, 5.41) is 3.41. The first kappa shape index (κ1) is 22.9. The Bertz CT molecular complexity index is 807. The van der Waals surface area contributed by atoms with Gasteiger partial charge in [0, 0.05) is 37.6 Å². The van der Waals surface area contributed by atoms with Crippen molar-refractivity contribution in [3.8, 4) is 0 Å². The monoisotopic (exact) mass is 440 g/mol. The average molecular weight is 441 g/mol. The van der Waals surface area contributed by atoms with Gasteiger partial charge in [-0.15, -0.1) is 6.58 Å². The van der Waals surface area contributed by atoms with Crippen molar-refractivity contribution in [2.75, 3.05) is 19.6 Å². The molecule has 1 heterocycles. The number of aromatic nitrogens is 1. The zero-order valence-electron chi connectivity index (χ0n) is 20.1. The number of amides is 3. The van der Waals surface area contributed by atoms with E-state index in [2.05, 4.69) is 25.7 Å². The number of hydrogen-bond donors (Lipinski definition) is 1. The zero-order valence-corrected chi connectivity index (χ0v) is 20.1. The highest BCUT2D eigenvalue weighted by atomic mass is 16.2. The van der Waals surface area contributed by atoms with E-state index in [-0.39, 0.29) is 24.0 Å². The third kappa shape index (κ3) is 5.05. The minimum absolute atomic E-state index is 0.0117. The molecule has 1 aromatic heterocycles. The van der Waals surface area contributed by atoms with E-state index in [0.29, 0.717) is 25.6 Å². The van der Waals surface area contributed by atoms with E-state index in [1.54, 1.807) is 11.0 Å². The summed E-state index contributed by atoms with van der Waals surface area (Å²) in [4.78, 5) is 30.2. The lowest BCUT2D eigenvalue weighted by atomic mass is 9.53. The fourth-order valence-electron chi connectivity index (χ4n) is 6.76. The molecule has 0 aromatic carbocycles. The molecule has 4 saturated carbocycles. The smallest absolute Gasteiger partial charge is 0.318 e. The topological polar surface area (TPSA) is 57.6 Å². The van der Waals surface area contributed by atoms with Crippen molar-refractivity contribution >= 4 is 11.9 Å². The van der Waals surface area contributed by atoms with Crippen molar-refractivity contribution in [1.29, 1.82) is 0 Å². The fraction of sp³-hybridized carbons (Fsp3) is 0.692. The van der Waals surface area contributed by atoms with Crippen LogP contribution >= 0.6 is 0 Å². The molecule has 0 aliphatic heterocycles. The Morgan fingerprint density at radius 1 is 1.19 bits per heavy atom. The summed E-state index contributed by atoms with van der Waals surface area (Å²) in [5.74, 6) is 2.64. The van der Waals surface area contributed by atoms with Gasteiger partial charge in [0.2, 0.25) is 5.91 Å². The standard InChI is InChI=1S/C26H40N4O2/c1-5-8-29(18-24(31)30(16-19(2)3)17-23-7-6-9-28(23)4)25(32)27-26-13-20-10-21(14-26)12-22(11-20)15-26/h5-7,9,19-22H,1,8,10-18H2,2-4H3,(H,27,32). The molecule has 4 bridgehead atoms. The molecule has 4 aliphatic rings. The second-order valence-electron chi connectivity index (χ2n) is 11.1. The van der Waals surface area contributed by atoms with Crippen LogP contribution in [0.2, 0.25) is 0 Å². The molecule has 3 amide bonds. The van der Waals surface area contributed by atoms with Crippen molar-refractivity contribution in [3.63, 3.8) is 0 Å². The number of nitrogens with zero attached hydrogens (tertiary/aromatic N) is 3. The third-order valence-corrected chi connectivity index (χ3v) is 7.72. The molecule has 0 radical (unpaired) electrons. The molecule has 32 heavy (non-hydrogen) atoms. The summed E-state index contributed by atoms with van der Waals surface area (Å²) in [7, 11) is 2.00. The van der Waals surface area contributed by atoms with Crippen molar-refractivity contribution < 1.29 is 9.59 Å². The third-order valence-electron chi connectivity index (χ3n) is 7.72. The maximum atomic E-state index is 13.4. The Balaban J connectivity index is 1.43. The normalized spacial score (nSPS) is 28.1. The Labute approximate surface area is 193 Å². The molecule has 4 aliphatic carbocycles. The van der Waals surface area contributed by atoms with E-state index in [1.807, 2.05) is 34.8 Å². The maximum absolute atomic E-state index is 13.4. The summed E-state index contributed by atoms with van der Waals surface area (Å²) in [5.41, 5.74) is 1.03. The van der Waals surface area contributed by atoms with Crippen molar-refractivity contribution in [3.05, 3.63) is 36.7 Å². The van der Waals surface area contributed by atoms with Crippen LogP contribution in [0.5, 0.6) is 0 Å². The van der Waals surface area contributed by atoms with Crippen LogP contribution in [0.15, 0.2) is 31.0 Å². The van der Waals surface area contributed by atoms with Crippen LogP contribution in [0, 0.1) is 23.7 Å². The summed E-state index contributed by atoms with van der Waals surface area (Å²) in [6.45, 7) is 9.75. The van der Waals surface area contributed by atoms with Gasteiger partial charge in [-0.3, -0.25) is 4.79 Å². The predicted octanol–water partition coefficient (Wildman–Crippen LogP) is 4.18. The largest absolute Gasteiger partial charge is 0.353 e. The van der Waals surface area contributed by atoms with E-state index >= 15 is 0 Å². The number of nitrogens with one attached hydrogen (secondary N) is 1. The molecule has 6 nitrogen and oxygen atoms in total. The number of rotatable bonds is 9. The van der Waals surface area contributed by atoms with Crippen LogP contribution in [0.4, 0.5) is 4.79 Å². The quantitative estimate of drug-likeness (QED) is 0.586. The highest BCUT2D eigenvalue weighted by Gasteiger charge is 2.51. The molecule has 5 rings (SSSR count). The van der Waals surface area contributed by atoms with Crippen LogP contribution in [0.25, 0.3) is 0 Å². The summed E-state index contributed by atoms with van der Waals surface area (Å²) in [6, 6.07) is 3.93. The summed E-state index contributed by atoms with van der Waals surface area (Å²) in [6.07, 6.45) is 11.1. The van der Waals surface area contributed by atoms with Crippen molar-refractivity contribution in [2.45, 2.75) is 64.5 Å². The molecule has 6 heteroatoms. The number of carbonyl (C=O) groups excluding carboxylic acids is 2. The first-order valence-electron chi connectivity index (χ1n) is 12.3. The molecule has 1 aromatic rings. The molecule has 0 spiro atoms. The van der Waals surface area contributed by atoms with Gasteiger partial charge >= 0.3 is 6.03 Å². The second-order valence-corrected chi connectivity index (χ2v) is 11.1. The Morgan fingerprint density at radius 3 is 2.31 bits per heavy atom. The van der Waals surface area contributed by atoms with E-state index in [4.69, 9.17) is 0 Å². The predicted molar refractivity (Wildman–Crippen MR) is 127 cm³/mol. The highest BCUT2D eigenvalue weighted by molar-refractivity contribution is 5.84. The van der Waals surface area contributed by atoms with Crippen LogP contribution in [0.1, 0.15) is 58.1 Å². The molecular formula is C26H40N4O2. The Kier molecular flexibility index (Phi) is 6.68. The maximum Gasteiger partial charge on any atom is 0.318 e. The molecule has 0 unspecified atom stereocenters. The first-order valence-corrected chi connectivity index (χ1v) is 12.3. The molecule has 4 fully saturated rings. The Morgan fingerprint density at radius 2 is 1.81 bits per heavy atom. The van der Waals surface area contributed by atoms with Gasteiger partial charge in [0.15, 0.2) is 0 Å². The van der Waals surface area contributed by atoms with Gasteiger partial charge in [-0.2, -0.15) is 0 Å². The van der Waals surface area contributed by atoms with Gasteiger partial charge in [0.1, 0.15) is 6.54 Å². The van der Waals surface area contributed by atoms with E-state index in [1.165, 1.54) is 19.3 Å². The number of carbonyl (C=O) groups is 2. The molecular weight excluding hydrogens is 400 g/mol. The van der Waals surface area contributed by atoms with Gasteiger partial charge in [-0.05, 0) is 74.3 Å². The van der Waals surface area contributed by atoms with Gasteiger partial charge in [-0.1, -0.05) is 19.9 Å². The lowest BCUT2D eigenvalue weighted by Gasteiger charge is -2.57. The number of hydrogen-bond acceptors (Lipinski definition) is 2. The van der Waals surface area contributed by atoms with Gasteiger partial charge < -0.3 is 19.7 Å². The minimum Gasteiger partial charge on any atom is -0.353 e. The van der Waals surface area contributed by atoms with E-state index in [9.17, 15) is 9.59 Å². The molecule has 1 N–H and O–H groups in total. The average Bonchev–Trinajstić information content (AvgIpc) is 3.09. The molecule has 0 atom stereocenters. The van der Waals surface area contributed by atoms with E-state index in [0.717, 1.165) is 42.7 Å². The summed E-state index contributed by atoms with van der Waals surface area (Å²) >= 11 is 0. The molecule has 0 saturated heterocycles. The van der Waals surface area contributed by atoms with Crippen LogP contribution < -0.4 is 5.32 Å². The lowest BCUT2D eigenvalue weighted by Crippen LogP contribution is -2.62. The van der Waals surface area contributed by atoms with Crippen LogP contribution in [-0.2, 0) is 18.4 Å². The lowest BCUT2D eigenvalue weighted by molar-refractivity contribution is -0.133. The SMILES string of the molecule is C=CCN(CC(=O)N(Cc1cccn1C)CC(C)C)C(=O)NC12CC3CC(CC(C3)C1)C2. The van der Waals surface area contributed by atoms with Gasteiger partial charge in [0.25, 0.3) is 0 Å². The second kappa shape index (κ2) is 9.32. The van der Waals surface area contributed by atoms with Gasteiger partial charge in [-0.25, -0.2) is 4.79 Å². The summed E-state index contributed by atoms with van der Waals surface area (Å²) < 4.78 is 2.04. The molecule has 176 valence electrons. The van der Waals surface area contributed by atoms with Crippen LogP contribution in [0.3, 0.4) is 0 Å². The number of urea groups is 1. The zero-order chi connectivity index (χ0) is 22.9. The van der Waals surface area contributed by atoms with E-state index < -0.39 is 0 Å². The fourth-order valence-corrected chi connectivity index (χ4v) is 6.76. The number of aryl methyl sites for hydroxylation is 1. The first-order chi connectivity index (χ1) is 15.3. The van der Waals surface area contributed by atoms with Crippen LogP contribution in [-0.4, -0.2) is 51.5 Å².